The lowest BCUT2D eigenvalue weighted by atomic mass is 10.0. The molecule has 0 aromatic carbocycles. The van der Waals surface area contributed by atoms with E-state index in [0.29, 0.717) is 17.4 Å². The molecule has 0 saturated heterocycles. The van der Waals surface area contributed by atoms with Gasteiger partial charge in [-0.05, 0) is 76.7 Å². The third-order valence-electron chi connectivity index (χ3n) is 16.2. The maximum absolute atomic E-state index is 13.6. The van der Waals surface area contributed by atoms with E-state index >= 15 is 0 Å². The molecule has 10 heteroatoms. The molecule has 3 unspecified atom stereocenters. The molecule has 0 aromatic rings. The maximum atomic E-state index is 13.6. The first-order valence-electron chi connectivity index (χ1n) is 36.3. The SMILES string of the molecule is CC/C=C\C/C=C\C/C=C\C/C=C\C/C=C\CCCCCCCCCCCC(=O)OC(/C=C/CCCCCCCCCCCCC)C(COP(=O)(O)OCC[N+](C)(C)C)NC(=O)CCCCCCCCCCCCCCCCCCCCCCC. The molecule has 496 valence electrons. The largest absolute Gasteiger partial charge is 0.472 e. The van der Waals surface area contributed by atoms with Crippen LogP contribution in [-0.2, 0) is 27.9 Å². The number of allylic oxidation sites excluding steroid dienone is 11. The molecule has 0 bridgehead atoms. The summed E-state index contributed by atoms with van der Waals surface area (Å²) in [5.74, 6) is -0.498. The number of nitrogens with one attached hydrogen (secondary N) is 1. The molecule has 9 nitrogen and oxygen atoms in total. The first-order valence-corrected chi connectivity index (χ1v) is 37.8. The second-order valence-electron chi connectivity index (χ2n) is 25.7. The Hall–Kier alpha value is -2.55. The summed E-state index contributed by atoms with van der Waals surface area (Å²) in [4.78, 5) is 37.9. The van der Waals surface area contributed by atoms with Crippen molar-refractivity contribution in [2.75, 3.05) is 40.9 Å². The van der Waals surface area contributed by atoms with Crippen LogP contribution < -0.4 is 5.32 Å². The number of hydrogen-bond acceptors (Lipinski definition) is 6. The number of quaternary nitrogens is 1. The van der Waals surface area contributed by atoms with E-state index < -0.39 is 20.0 Å². The van der Waals surface area contributed by atoms with Crippen molar-refractivity contribution in [1.82, 2.24) is 5.32 Å². The predicted molar refractivity (Wildman–Crippen MR) is 369 cm³/mol. The lowest BCUT2D eigenvalue weighted by Crippen LogP contribution is -2.47. The van der Waals surface area contributed by atoms with Gasteiger partial charge in [0, 0.05) is 12.8 Å². The van der Waals surface area contributed by atoms with Crippen molar-refractivity contribution in [3.8, 4) is 0 Å². The Morgan fingerprint density at radius 2 is 0.753 bits per heavy atom. The minimum absolute atomic E-state index is 0.0392. The second kappa shape index (κ2) is 64.4. The third kappa shape index (κ3) is 65.7. The second-order valence-corrected chi connectivity index (χ2v) is 27.2. The van der Waals surface area contributed by atoms with Gasteiger partial charge in [0.05, 0.1) is 33.8 Å². The predicted octanol–water partition coefficient (Wildman–Crippen LogP) is 23.1. The van der Waals surface area contributed by atoms with Crippen LogP contribution in [0.5, 0.6) is 0 Å². The van der Waals surface area contributed by atoms with Crippen LogP contribution in [0, 0.1) is 0 Å². The number of likely N-dealkylation sites (N-methyl/N-ethyl adjacent to an activating group) is 1. The first-order chi connectivity index (χ1) is 41.4. The lowest BCUT2D eigenvalue weighted by Gasteiger charge is -2.27. The van der Waals surface area contributed by atoms with Crippen LogP contribution in [0.1, 0.15) is 342 Å². The van der Waals surface area contributed by atoms with Crippen molar-refractivity contribution in [2.45, 2.75) is 354 Å². The molecule has 3 atom stereocenters. The number of esters is 1. The molecular weight excluding hydrogens is 1070 g/mol. The highest BCUT2D eigenvalue weighted by Gasteiger charge is 2.30. The molecule has 0 aromatic heterocycles. The highest BCUT2D eigenvalue weighted by molar-refractivity contribution is 7.47. The number of hydrogen-bond donors (Lipinski definition) is 2. The topological polar surface area (TPSA) is 111 Å². The number of ether oxygens (including phenoxy) is 1. The molecule has 0 spiro atoms. The van der Waals surface area contributed by atoms with Crippen LogP contribution in [0.25, 0.3) is 0 Å². The summed E-state index contributed by atoms with van der Waals surface area (Å²) in [6, 6.07) is -0.852. The standard InChI is InChI=1S/C75H139N2O7P/c1-7-10-13-16-19-22-25-28-30-32-34-36-37-38-39-41-43-45-47-50-53-56-59-62-65-68-75(79)84-73(66-63-60-57-54-51-48-27-24-21-18-15-12-9-3)72(71-83-85(80,81)82-70-69-77(4,5)6)76-74(78)67-64-61-58-55-52-49-46-44-42-40-35-33-31-29-26-23-20-17-14-11-8-2/h10,13,19,22,28,30,34,36,38-39,63,66,72-73H,7-9,11-12,14-18,20-21,23-27,29,31-33,35,37,40-62,64-65,67-71H2,1-6H3,(H-,76,78,80,81)/p+1/b13-10-,22-19-,30-28-,36-34-,39-38-,66-63+. The molecule has 0 saturated carbocycles. The van der Waals surface area contributed by atoms with Crippen LogP contribution >= 0.6 is 7.82 Å². The molecule has 0 fully saturated rings. The summed E-state index contributed by atoms with van der Waals surface area (Å²) >= 11 is 0. The summed E-state index contributed by atoms with van der Waals surface area (Å²) in [6.45, 7) is 6.95. The number of unbranched alkanes of at least 4 members (excludes halogenated alkanes) is 40. The van der Waals surface area contributed by atoms with Crippen molar-refractivity contribution < 1.29 is 37.3 Å². The number of carbonyl (C=O) groups is 2. The van der Waals surface area contributed by atoms with E-state index in [1.165, 1.54) is 205 Å². The van der Waals surface area contributed by atoms with Crippen molar-refractivity contribution in [3.05, 3.63) is 72.9 Å². The van der Waals surface area contributed by atoms with E-state index in [0.717, 1.165) is 103 Å². The normalized spacial score (nSPS) is 13.9. The molecule has 1 amide bonds. The van der Waals surface area contributed by atoms with Gasteiger partial charge in [0.15, 0.2) is 0 Å². The van der Waals surface area contributed by atoms with Gasteiger partial charge in [0.1, 0.15) is 19.3 Å². The van der Waals surface area contributed by atoms with Gasteiger partial charge in [-0.1, -0.05) is 325 Å². The molecule has 85 heavy (non-hydrogen) atoms. The van der Waals surface area contributed by atoms with E-state index in [1.54, 1.807) is 0 Å². The number of phosphoric ester groups is 1. The summed E-state index contributed by atoms with van der Waals surface area (Å²) in [7, 11) is 1.50. The zero-order chi connectivity index (χ0) is 62.1. The molecule has 0 aliphatic rings. The Morgan fingerprint density at radius 3 is 1.13 bits per heavy atom. The van der Waals surface area contributed by atoms with Crippen LogP contribution in [0.15, 0.2) is 72.9 Å². The Kier molecular flexibility index (Phi) is 62.5. The van der Waals surface area contributed by atoms with Gasteiger partial charge in [-0.15, -0.1) is 0 Å². The van der Waals surface area contributed by atoms with Crippen molar-refractivity contribution in [2.24, 2.45) is 0 Å². The van der Waals surface area contributed by atoms with E-state index in [4.69, 9.17) is 13.8 Å². The van der Waals surface area contributed by atoms with Gasteiger partial charge in [-0.25, -0.2) is 4.57 Å². The van der Waals surface area contributed by atoms with Gasteiger partial charge < -0.3 is 19.4 Å². The Morgan fingerprint density at radius 1 is 0.424 bits per heavy atom. The van der Waals surface area contributed by atoms with E-state index in [-0.39, 0.29) is 31.5 Å². The number of phosphoric acid groups is 1. The number of rotatable bonds is 66. The van der Waals surface area contributed by atoms with Crippen LogP contribution in [0.2, 0.25) is 0 Å². The smallest absolute Gasteiger partial charge is 0.456 e. The van der Waals surface area contributed by atoms with Crippen LogP contribution in [0.4, 0.5) is 0 Å². The highest BCUT2D eigenvalue weighted by atomic mass is 31.2. The van der Waals surface area contributed by atoms with Crippen molar-refractivity contribution >= 4 is 19.7 Å². The summed E-state index contributed by atoms with van der Waals surface area (Å²) in [6.07, 6.45) is 84.8. The van der Waals surface area contributed by atoms with Gasteiger partial charge >= 0.3 is 13.8 Å². The molecule has 0 aliphatic heterocycles. The molecule has 0 rings (SSSR count). The summed E-state index contributed by atoms with van der Waals surface area (Å²) in [5.41, 5.74) is 0. The van der Waals surface area contributed by atoms with Crippen LogP contribution in [0.3, 0.4) is 0 Å². The minimum Gasteiger partial charge on any atom is -0.456 e. The average Bonchev–Trinajstić information content (AvgIpc) is 3.48. The zero-order valence-corrected chi connectivity index (χ0v) is 57.7. The summed E-state index contributed by atoms with van der Waals surface area (Å²) < 4.78 is 30.9. The first kappa shape index (κ1) is 82.5. The van der Waals surface area contributed by atoms with Gasteiger partial charge in [-0.3, -0.25) is 18.6 Å². The van der Waals surface area contributed by atoms with Crippen molar-refractivity contribution in [3.63, 3.8) is 0 Å². The molecule has 0 radical (unpaired) electrons. The fourth-order valence-electron chi connectivity index (χ4n) is 10.6. The molecule has 2 N–H and O–H groups in total. The van der Waals surface area contributed by atoms with Crippen molar-refractivity contribution in [1.29, 1.82) is 0 Å². The number of amides is 1. The molecule has 0 aliphatic carbocycles. The Bertz CT molecular complexity index is 1680. The van der Waals surface area contributed by atoms with E-state index in [2.05, 4.69) is 86.8 Å². The average molecular weight is 1210 g/mol. The lowest BCUT2D eigenvalue weighted by molar-refractivity contribution is -0.870. The van der Waals surface area contributed by atoms with E-state index in [1.807, 2.05) is 33.3 Å². The molecular formula is C75H140N2O7P+. The summed E-state index contributed by atoms with van der Waals surface area (Å²) in [5, 5.41) is 3.08. The van der Waals surface area contributed by atoms with Crippen LogP contribution in [-0.4, -0.2) is 74.3 Å². The fourth-order valence-corrected chi connectivity index (χ4v) is 11.4. The Labute approximate surface area is 527 Å². The van der Waals surface area contributed by atoms with Gasteiger partial charge in [-0.2, -0.15) is 0 Å². The Balaban J connectivity index is 5.09. The number of carbonyl (C=O) groups excluding carboxylic acids is 2. The highest BCUT2D eigenvalue weighted by Crippen LogP contribution is 2.43. The number of nitrogens with zero attached hydrogens (tertiary/aromatic N) is 1. The zero-order valence-electron chi connectivity index (χ0n) is 56.9. The van der Waals surface area contributed by atoms with Gasteiger partial charge in [0.2, 0.25) is 5.91 Å². The maximum Gasteiger partial charge on any atom is 0.472 e. The quantitative estimate of drug-likeness (QED) is 0.0205. The minimum atomic E-state index is -4.46. The third-order valence-corrected chi connectivity index (χ3v) is 17.1. The van der Waals surface area contributed by atoms with Gasteiger partial charge in [0.25, 0.3) is 0 Å². The van der Waals surface area contributed by atoms with E-state index in [9.17, 15) is 19.0 Å². The fraction of sp³-hybridized carbons (Fsp3) is 0.813. The molecule has 0 heterocycles. The monoisotopic (exact) mass is 1210 g/mol.